The smallest absolute Gasteiger partial charge is 0.264 e. The van der Waals surface area contributed by atoms with E-state index in [1.807, 2.05) is 71.6 Å². The molecule has 182 valence electrons. The molecule has 0 saturated heterocycles. The number of nitrogens with zero attached hydrogens (tertiary/aromatic N) is 2. The normalized spacial score (nSPS) is 12.9. The lowest BCUT2D eigenvalue weighted by atomic mass is 10.1. The molecule has 0 N–H and O–H groups in total. The third-order valence-electron chi connectivity index (χ3n) is 6.30. The Morgan fingerprint density at radius 1 is 0.806 bits per heavy atom. The molecule has 0 aromatic heterocycles. The average molecular weight is 517 g/mol. The Kier molecular flexibility index (Phi) is 6.81. The molecule has 0 atom stereocenters. The summed E-state index contributed by atoms with van der Waals surface area (Å²) in [7, 11) is -3.72. The van der Waals surface area contributed by atoms with Crippen LogP contribution >= 0.6 is 11.6 Å². The van der Waals surface area contributed by atoms with Gasteiger partial charge in [0.05, 0.1) is 10.6 Å². The van der Waals surface area contributed by atoms with Crippen LogP contribution in [0, 0.1) is 0 Å². The molecule has 4 aromatic carbocycles. The lowest BCUT2D eigenvalue weighted by Crippen LogP contribution is -2.30. The maximum Gasteiger partial charge on any atom is 0.264 e. The van der Waals surface area contributed by atoms with Crippen LogP contribution in [0.3, 0.4) is 0 Å². The van der Waals surface area contributed by atoms with Gasteiger partial charge < -0.3 is 4.90 Å². The van der Waals surface area contributed by atoms with E-state index in [1.165, 1.54) is 16.4 Å². The minimum atomic E-state index is -3.72. The van der Waals surface area contributed by atoms with Crippen LogP contribution in [0.25, 0.3) is 0 Å². The van der Waals surface area contributed by atoms with E-state index in [-0.39, 0.29) is 10.8 Å². The van der Waals surface area contributed by atoms with Crippen molar-refractivity contribution in [3.8, 4) is 0 Å². The average Bonchev–Trinajstić information content (AvgIpc) is 3.34. The van der Waals surface area contributed by atoms with Gasteiger partial charge in [-0.2, -0.15) is 0 Å². The fourth-order valence-electron chi connectivity index (χ4n) is 4.48. The Bertz CT molecular complexity index is 1430. The van der Waals surface area contributed by atoms with Crippen LogP contribution in [0.1, 0.15) is 27.0 Å². The van der Waals surface area contributed by atoms with Gasteiger partial charge in [0, 0.05) is 30.2 Å². The number of carbonyl (C=O) groups is 1. The van der Waals surface area contributed by atoms with Gasteiger partial charge in [0.25, 0.3) is 15.9 Å². The Morgan fingerprint density at radius 2 is 1.39 bits per heavy atom. The summed E-state index contributed by atoms with van der Waals surface area (Å²) in [5.74, 6) is -0.0930. The van der Waals surface area contributed by atoms with Crippen molar-refractivity contribution in [3.05, 3.63) is 130 Å². The first kappa shape index (κ1) is 24.1. The molecule has 36 heavy (non-hydrogen) atoms. The van der Waals surface area contributed by atoms with Gasteiger partial charge >= 0.3 is 0 Å². The molecular formula is C29H25ClN2O3S. The predicted molar refractivity (Wildman–Crippen MR) is 143 cm³/mol. The standard InChI is InChI=1S/C29H25ClN2O3S/c30-26-12-14-27(15-13-26)36(34,35)32-18-17-24-19-25(11-16-28(24)32)29(33)31(20-22-7-3-1-4-8-22)21-23-9-5-2-6-10-23/h1-16,19H,17-18,20-21H2. The second kappa shape index (κ2) is 10.2. The molecule has 5 nitrogen and oxygen atoms in total. The third-order valence-corrected chi connectivity index (χ3v) is 8.38. The van der Waals surface area contributed by atoms with E-state index in [9.17, 15) is 13.2 Å². The van der Waals surface area contributed by atoms with Crippen molar-refractivity contribution in [2.24, 2.45) is 0 Å². The van der Waals surface area contributed by atoms with Gasteiger partial charge in [-0.15, -0.1) is 0 Å². The first-order valence-electron chi connectivity index (χ1n) is 11.7. The van der Waals surface area contributed by atoms with Crippen LogP contribution in [0.15, 0.2) is 108 Å². The Hall–Kier alpha value is -3.61. The van der Waals surface area contributed by atoms with E-state index in [1.54, 1.807) is 24.3 Å². The van der Waals surface area contributed by atoms with Crippen LogP contribution in [-0.2, 0) is 29.5 Å². The van der Waals surface area contributed by atoms with E-state index < -0.39 is 10.0 Å². The van der Waals surface area contributed by atoms with E-state index >= 15 is 0 Å². The number of hydrogen-bond acceptors (Lipinski definition) is 3. The van der Waals surface area contributed by atoms with Gasteiger partial charge in [0.1, 0.15) is 0 Å². The number of hydrogen-bond donors (Lipinski definition) is 0. The molecular weight excluding hydrogens is 492 g/mol. The molecule has 1 aliphatic heterocycles. The monoisotopic (exact) mass is 516 g/mol. The molecule has 0 unspecified atom stereocenters. The van der Waals surface area contributed by atoms with Crippen LogP contribution in [0.4, 0.5) is 5.69 Å². The Labute approximate surface area is 216 Å². The number of fused-ring (bicyclic) bond motifs is 1. The highest BCUT2D eigenvalue weighted by molar-refractivity contribution is 7.92. The lowest BCUT2D eigenvalue weighted by Gasteiger charge is -2.24. The molecule has 5 rings (SSSR count). The number of rotatable bonds is 7. The zero-order valence-electron chi connectivity index (χ0n) is 19.5. The lowest BCUT2D eigenvalue weighted by molar-refractivity contribution is 0.0730. The fraction of sp³-hybridized carbons (Fsp3) is 0.138. The second-order valence-electron chi connectivity index (χ2n) is 8.76. The third kappa shape index (κ3) is 5.01. The van der Waals surface area contributed by atoms with Crippen LogP contribution < -0.4 is 4.31 Å². The number of sulfonamides is 1. The molecule has 1 aliphatic rings. The Morgan fingerprint density at radius 3 is 1.97 bits per heavy atom. The van der Waals surface area contributed by atoms with Gasteiger partial charge in [-0.3, -0.25) is 9.10 Å². The highest BCUT2D eigenvalue weighted by Gasteiger charge is 2.31. The summed E-state index contributed by atoms with van der Waals surface area (Å²) >= 11 is 5.93. The molecule has 0 fully saturated rings. The molecule has 0 bridgehead atoms. The van der Waals surface area contributed by atoms with Gasteiger partial charge in [-0.25, -0.2) is 8.42 Å². The largest absolute Gasteiger partial charge is 0.330 e. The highest BCUT2D eigenvalue weighted by atomic mass is 35.5. The molecule has 1 heterocycles. The molecule has 0 saturated carbocycles. The second-order valence-corrected chi connectivity index (χ2v) is 11.1. The molecule has 0 radical (unpaired) electrons. The summed E-state index contributed by atoms with van der Waals surface area (Å²) in [5, 5.41) is 0.481. The fourth-order valence-corrected chi connectivity index (χ4v) is 6.11. The molecule has 7 heteroatoms. The van der Waals surface area contributed by atoms with Crippen LogP contribution in [0.2, 0.25) is 5.02 Å². The maximum absolute atomic E-state index is 13.7. The first-order valence-corrected chi connectivity index (χ1v) is 13.5. The summed E-state index contributed by atoms with van der Waals surface area (Å²) < 4.78 is 27.9. The molecule has 0 spiro atoms. The van der Waals surface area contributed by atoms with Crippen molar-refractivity contribution in [3.63, 3.8) is 0 Å². The Balaban J connectivity index is 1.42. The minimum absolute atomic E-state index is 0.0930. The van der Waals surface area contributed by atoms with Gasteiger partial charge in [-0.05, 0) is 65.6 Å². The van der Waals surface area contributed by atoms with Gasteiger partial charge in [-0.1, -0.05) is 72.3 Å². The van der Waals surface area contributed by atoms with Gasteiger partial charge in [0.15, 0.2) is 0 Å². The van der Waals surface area contributed by atoms with E-state index in [0.29, 0.717) is 42.3 Å². The number of halogens is 1. The predicted octanol–water partition coefficient (Wildman–Crippen LogP) is 5.93. The van der Waals surface area contributed by atoms with E-state index in [2.05, 4.69) is 0 Å². The van der Waals surface area contributed by atoms with Crippen molar-refractivity contribution in [2.75, 3.05) is 10.8 Å². The maximum atomic E-state index is 13.7. The number of benzene rings is 4. The van der Waals surface area contributed by atoms with Crippen molar-refractivity contribution >= 4 is 33.2 Å². The quantitative estimate of drug-likeness (QED) is 0.306. The van der Waals surface area contributed by atoms with Crippen LogP contribution in [0.5, 0.6) is 0 Å². The van der Waals surface area contributed by atoms with Crippen molar-refractivity contribution in [1.29, 1.82) is 0 Å². The summed E-state index contributed by atoms with van der Waals surface area (Å²) in [6.07, 6.45) is 0.542. The highest BCUT2D eigenvalue weighted by Crippen LogP contribution is 2.34. The molecule has 1 amide bonds. The summed E-state index contributed by atoms with van der Waals surface area (Å²) in [5.41, 5.74) is 4.09. The molecule has 0 aliphatic carbocycles. The molecule has 4 aromatic rings. The summed E-state index contributed by atoms with van der Waals surface area (Å²) in [6.45, 7) is 1.28. The van der Waals surface area contributed by atoms with Gasteiger partial charge in [0.2, 0.25) is 0 Å². The van der Waals surface area contributed by atoms with Crippen LogP contribution in [-0.4, -0.2) is 25.8 Å². The zero-order valence-corrected chi connectivity index (χ0v) is 21.1. The number of anilines is 1. The summed E-state index contributed by atoms with van der Waals surface area (Å²) in [6, 6.07) is 31.3. The first-order chi connectivity index (χ1) is 17.4. The SMILES string of the molecule is O=C(c1ccc2c(c1)CCN2S(=O)(=O)c1ccc(Cl)cc1)N(Cc1ccccc1)Cc1ccccc1. The van der Waals surface area contributed by atoms with Crippen molar-refractivity contribution in [1.82, 2.24) is 4.90 Å². The van der Waals surface area contributed by atoms with Crippen molar-refractivity contribution in [2.45, 2.75) is 24.4 Å². The zero-order chi connectivity index (χ0) is 25.1. The van der Waals surface area contributed by atoms with E-state index in [0.717, 1.165) is 16.7 Å². The number of amides is 1. The minimum Gasteiger partial charge on any atom is -0.330 e. The number of carbonyl (C=O) groups excluding carboxylic acids is 1. The summed E-state index contributed by atoms with van der Waals surface area (Å²) in [4.78, 5) is 15.7. The van der Waals surface area contributed by atoms with E-state index in [4.69, 9.17) is 11.6 Å². The van der Waals surface area contributed by atoms with Crippen molar-refractivity contribution < 1.29 is 13.2 Å². The topological polar surface area (TPSA) is 57.7 Å².